The Bertz CT molecular complexity index is 543. The number of benzene rings is 1. The van der Waals surface area contributed by atoms with Crippen LogP contribution in [0.2, 0.25) is 0 Å². The third-order valence-corrected chi connectivity index (χ3v) is 3.43. The molecule has 4 N–H and O–H groups in total. The molecular weight excluding hydrogens is 310 g/mol. The quantitative estimate of drug-likeness (QED) is 0.650. The molecule has 7 nitrogen and oxygen atoms in total. The molecule has 1 aromatic carbocycles. The molecule has 0 aliphatic heterocycles. The van der Waals surface area contributed by atoms with Crippen LogP contribution in [0, 0.1) is 0 Å². The van der Waals surface area contributed by atoms with Crippen molar-refractivity contribution in [2.45, 2.75) is 45.0 Å². The van der Waals surface area contributed by atoms with Crippen molar-refractivity contribution in [2.75, 3.05) is 13.6 Å². The summed E-state index contributed by atoms with van der Waals surface area (Å²) in [5.41, 5.74) is 6.32. The normalized spacial score (nSPS) is 14.1. The predicted octanol–water partition coefficient (Wildman–Crippen LogP) is 1.42. The van der Waals surface area contributed by atoms with Gasteiger partial charge in [-0.2, -0.15) is 0 Å². The third-order valence-electron chi connectivity index (χ3n) is 3.43. The van der Waals surface area contributed by atoms with Crippen LogP contribution in [0.5, 0.6) is 0 Å². The minimum Gasteiger partial charge on any atom is -0.480 e. The highest BCUT2D eigenvalue weighted by atomic mass is 16.6. The van der Waals surface area contributed by atoms with Crippen LogP contribution in [0.15, 0.2) is 30.3 Å². The summed E-state index contributed by atoms with van der Waals surface area (Å²) in [4.78, 5) is 24.8. The van der Waals surface area contributed by atoms with Gasteiger partial charge in [-0.3, -0.25) is 9.69 Å². The van der Waals surface area contributed by atoms with E-state index in [0.29, 0.717) is 6.42 Å². The molecule has 0 spiro atoms. The van der Waals surface area contributed by atoms with Crippen molar-refractivity contribution in [3.8, 4) is 0 Å². The van der Waals surface area contributed by atoms with Crippen LogP contribution in [-0.2, 0) is 16.0 Å². The first-order valence-corrected chi connectivity index (χ1v) is 7.81. The monoisotopic (exact) mass is 337 g/mol. The average molecular weight is 337 g/mol. The van der Waals surface area contributed by atoms with Gasteiger partial charge in [0.2, 0.25) is 0 Å². The molecule has 1 rings (SSSR count). The Kier molecular flexibility index (Phi) is 7.18. The number of hydrogen-bond acceptors (Lipinski definition) is 5. The van der Waals surface area contributed by atoms with Gasteiger partial charge in [0.05, 0.1) is 6.17 Å². The standard InChI is InChI=1S/C17H27N3O4/c1-17(2,3)24-16(23)19-11-14(18)20(4)13(15(21)22)10-12-8-6-5-7-9-12/h5-9,13-14H,10-11,18H2,1-4H3,(H,19,23)(H,21,22). The second-order valence-corrected chi connectivity index (χ2v) is 6.66. The van der Waals surface area contributed by atoms with Crippen LogP contribution in [0.25, 0.3) is 0 Å². The number of carboxylic acid groups (broad SMARTS) is 1. The number of nitrogens with one attached hydrogen (secondary N) is 1. The highest BCUT2D eigenvalue weighted by molar-refractivity contribution is 5.74. The fourth-order valence-corrected chi connectivity index (χ4v) is 2.12. The summed E-state index contributed by atoms with van der Waals surface area (Å²) >= 11 is 0. The van der Waals surface area contributed by atoms with Gasteiger partial charge >= 0.3 is 12.1 Å². The molecule has 0 saturated heterocycles. The lowest BCUT2D eigenvalue weighted by Crippen LogP contribution is -2.54. The molecule has 0 bridgehead atoms. The van der Waals surface area contributed by atoms with Crippen LogP contribution < -0.4 is 11.1 Å². The third kappa shape index (κ3) is 6.97. The summed E-state index contributed by atoms with van der Waals surface area (Å²) in [6, 6.07) is 8.54. The largest absolute Gasteiger partial charge is 0.480 e. The minimum atomic E-state index is -0.964. The van der Waals surface area contributed by atoms with Crippen LogP contribution in [0.4, 0.5) is 4.79 Å². The van der Waals surface area contributed by atoms with E-state index < -0.39 is 29.9 Å². The van der Waals surface area contributed by atoms with Crippen molar-refractivity contribution in [1.29, 1.82) is 0 Å². The topological polar surface area (TPSA) is 105 Å². The maximum Gasteiger partial charge on any atom is 0.407 e. The van der Waals surface area contributed by atoms with Gasteiger partial charge in [0, 0.05) is 6.54 Å². The Labute approximate surface area is 142 Å². The lowest BCUT2D eigenvalue weighted by Gasteiger charge is -2.30. The number of rotatable bonds is 7. The number of alkyl carbamates (subject to hydrolysis) is 1. The van der Waals surface area contributed by atoms with E-state index in [9.17, 15) is 14.7 Å². The molecule has 0 radical (unpaired) electrons. The number of hydrogen-bond donors (Lipinski definition) is 3. The SMILES string of the molecule is CN(C(N)CNC(=O)OC(C)(C)C)C(Cc1ccccc1)C(=O)O. The highest BCUT2D eigenvalue weighted by Gasteiger charge is 2.27. The number of carbonyl (C=O) groups excluding carboxylic acids is 1. The number of ether oxygens (including phenoxy) is 1. The second kappa shape index (κ2) is 8.65. The van der Waals surface area contributed by atoms with Gasteiger partial charge in [0.1, 0.15) is 11.6 Å². The number of nitrogens with two attached hydrogens (primary N) is 1. The van der Waals surface area contributed by atoms with Crippen molar-refractivity contribution in [3.63, 3.8) is 0 Å². The van der Waals surface area contributed by atoms with Crippen LogP contribution in [-0.4, -0.2) is 53.5 Å². The number of amides is 1. The average Bonchev–Trinajstić information content (AvgIpc) is 2.48. The summed E-state index contributed by atoms with van der Waals surface area (Å²) in [5, 5.41) is 12.0. The van der Waals surface area contributed by atoms with Gasteiger partial charge in [-0.1, -0.05) is 30.3 Å². The molecule has 7 heteroatoms. The number of nitrogens with zero attached hydrogens (tertiary/aromatic N) is 1. The summed E-state index contributed by atoms with van der Waals surface area (Å²) in [6.07, 6.45) is -0.907. The Morgan fingerprint density at radius 2 is 1.88 bits per heavy atom. The highest BCUT2D eigenvalue weighted by Crippen LogP contribution is 2.10. The first kappa shape index (κ1) is 19.9. The van der Waals surface area contributed by atoms with Crippen LogP contribution >= 0.6 is 0 Å². The van der Waals surface area contributed by atoms with Crippen molar-refractivity contribution in [1.82, 2.24) is 10.2 Å². The lowest BCUT2D eigenvalue weighted by molar-refractivity contribution is -0.143. The van der Waals surface area contributed by atoms with E-state index in [4.69, 9.17) is 10.5 Å². The van der Waals surface area contributed by atoms with Gasteiger partial charge in [-0.05, 0) is 39.8 Å². The van der Waals surface area contributed by atoms with Crippen molar-refractivity contribution < 1.29 is 19.4 Å². The van der Waals surface area contributed by atoms with Gasteiger partial charge in [0.15, 0.2) is 0 Å². The molecule has 24 heavy (non-hydrogen) atoms. The van der Waals surface area contributed by atoms with E-state index in [-0.39, 0.29) is 6.54 Å². The maximum atomic E-state index is 11.7. The Morgan fingerprint density at radius 3 is 2.38 bits per heavy atom. The number of aliphatic carboxylic acids is 1. The fourth-order valence-electron chi connectivity index (χ4n) is 2.12. The molecule has 0 aliphatic carbocycles. The summed E-state index contributed by atoms with van der Waals surface area (Å²) in [5.74, 6) is -0.964. The van der Waals surface area contributed by atoms with E-state index in [1.54, 1.807) is 27.8 Å². The molecule has 1 aromatic rings. The van der Waals surface area contributed by atoms with Gasteiger partial charge in [-0.15, -0.1) is 0 Å². The molecule has 0 fully saturated rings. The summed E-state index contributed by atoms with van der Waals surface area (Å²) < 4.78 is 5.13. The van der Waals surface area contributed by atoms with E-state index >= 15 is 0 Å². The fraction of sp³-hybridized carbons (Fsp3) is 0.529. The van der Waals surface area contributed by atoms with Crippen molar-refractivity contribution in [3.05, 3.63) is 35.9 Å². The van der Waals surface area contributed by atoms with E-state index in [0.717, 1.165) is 5.56 Å². The van der Waals surface area contributed by atoms with Crippen LogP contribution in [0.3, 0.4) is 0 Å². The first-order chi connectivity index (χ1) is 11.1. The number of likely N-dealkylation sites (N-methyl/N-ethyl adjacent to an activating group) is 1. The van der Waals surface area contributed by atoms with Gasteiger partial charge in [-0.25, -0.2) is 4.79 Å². The second-order valence-electron chi connectivity index (χ2n) is 6.66. The summed E-state index contributed by atoms with van der Waals surface area (Å²) in [6.45, 7) is 5.38. The lowest BCUT2D eigenvalue weighted by atomic mass is 10.0. The Hall–Kier alpha value is -2.12. The molecule has 1 amide bonds. The number of carbonyl (C=O) groups is 2. The zero-order chi connectivity index (χ0) is 18.3. The Morgan fingerprint density at radius 1 is 1.29 bits per heavy atom. The van der Waals surface area contributed by atoms with E-state index in [1.807, 2.05) is 30.3 Å². The number of carboxylic acids is 1. The van der Waals surface area contributed by atoms with Crippen molar-refractivity contribution >= 4 is 12.1 Å². The molecule has 0 aliphatic rings. The van der Waals surface area contributed by atoms with E-state index in [1.165, 1.54) is 4.90 Å². The van der Waals surface area contributed by atoms with E-state index in [2.05, 4.69) is 5.32 Å². The minimum absolute atomic E-state index is 0.0873. The zero-order valence-electron chi connectivity index (χ0n) is 14.7. The molecule has 2 unspecified atom stereocenters. The van der Waals surface area contributed by atoms with Crippen molar-refractivity contribution in [2.24, 2.45) is 5.73 Å². The molecule has 0 aromatic heterocycles. The van der Waals surface area contributed by atoms with Gasteiger partial charge in [0.25, 0.3) is 0 Å². The zero-order valence-corrected chi connectivity index (χ0v) is 14.7. The van der Waals surface area contributed by atoms with Gasteiger partial charge < -0.3 is 20.9 Å². The maximum absolute atomic E-state index is 11.7. The molecule has 0 heterocycles. The molecule has 2 atom stereocenters. The summed E-state index contributed by atoms with van der Waals surface area (Å²) in [7, 11) is 1.63. The molecular formula is C17H27N3O4. The predicted molar refractivity (Wildman–Crippen MR) is 91.5 cm³/mol. The Balaban J connectivity index is 2.61. The molecule has 134 valence electrons. The first-order valence-electron chi connectivity index (χ1n) is 7.81. The smallest absolute Gasteiger partial charge is 0.407 e. The molecule has 0 saturated carbocycles. The van der Waals surface area contributed by atoms with Crippen LogP contribution in [0.1, 0.15) is 26.3 Å².